The van der Waals surface area contributed by atoms with Gasteiger partial charge in [0, 0.05) is 12.6 Å². The topological polar surface area (TPSA) is 69.6 Å². The van der Waals surface area contributed by atoms with Crippen LogP contribution in [0.2, 0.25) is 0 Å². The summed E-state index contributed by atoms with van der Waals surface area (Å²) in [7, 11) is 0. The van der Waals surface area contributed by atoms with E-state index in [1.165, 1.54) is 4.90 Å². The van der Waals surface area contributed by atoms with Crippen molar-refractivity contribution in [1.29, 1.82) is 0 Å². The first-order valence-electron chi connectivity index (χ1n) is 7.06. The maximum Gasteiger partial charge on any atom is 0.329 e. The van der Waals surface area contributed by atoms with Gasteiger partial charge < -0.3 is 15.3 Å². The quantitative estimate of drug-likeness (QED) is 0.769. The van der Waals surface area contributed by atoms with E-state index in [0.29, 0.717) is 19.4 Å². The van der Waals surface area contributed by atoms with Crippen LogP contribution in [0.4, 0.5) is 4.79 Å². The molecule has 1 heterocycles. The Morgan fingerprint density at radius 2 is 2.26 bits per heavy atom. The maximum absolute atomic E-state index is 12.3. The van der Waals surface area contributed by atoms with Crippen molar-refractivity contribution < 1.29 is 14.7 Å². The van der Waals surface area contributed by atoms with E-state index in [4.69, 9.17) is 0 Å². The summed E-state index contributed by atoms with van der Waals surface area (Å²) in [6.45, 7) is 2.37. The number of hydrogen-bond acceptors (Lipinski definition) is 2. The molecule has 2 amide bonds. The number of carboxylic acids is 1. The van der Waals surface area contributed by atoms with Crippen LogP contribution in [0.1, 0.15) is 45.4 Å². The fourth-order valence-electron chi connectivity index (χ4n) is 3.09. The lowest BCUT2D eigenvalue weighted by molar-refractivity contribution is -0.148. The van der Waals surface area contributed by atoms with Crippen LogP contribution in [0.25, 0.3) is 0 Å². The minimum Gasteiger partial charge on any atom is -0.479 e. The van der Waals surface area contributed by atoms with Crippen LogP contribution in [0.15, 0.2) is 12.2 Å². The fourth-order valence-corrected chi connectivity index (χ4v) is 3.09. The molecule has 2 atom stereocenters. The molecule has 0 spiro atoms. The molecule has 1 aliphatic heterocycles. The van der Waals surface area contributed by atoms with Crippen molar-refractivity contribution in [3.63, 3.8) is 0 Å². The smallest absolute Gasteiger partial charge is 0.329 e. The lowest BCUT2D eigenvalue weighted by Crippen LogP contribution is -2.57. The molecule has 2 unspecified atom stereocenters. The van der Waals surface area contributed by atoms with Crippen molar-refractivity contribution >= 4 is 12.0 Å². The molecule has 2 aliphatic rings. The zero-order chi connectivity index (χ0) is 13.9. The molecule has 0 saturated carbocycles. The summed E-state index contributed by atoms with van der Waals surface area (Å²) in [6, 6.07) is -0.0801. The van der Waals surface area contributed by atoms with Gasteiger partial charge in [0.2, 0.25) is 0 Å². The molecule has 0 bridgehead atoms. The van der Waals surface area contributed by atoms with Crippen LogP contribution in [0.5, 0.6) is 0 Å². The van der Waals surface area contributed by atoms with Crippen LogP contribution in [-0.4, -0.2) is 40.1 Å². The minimum atomic E-state index is -1.01. The molecule has 1 aliphatic carbocycles. The molecule has 0 radical (unpaired) electrons. The highest BCUT2D eigenvalue weighted by molar-refractivity contribution is 5.87. The summed E-state index contributed by atoms with van der Waals surface area (Å²) in [4.78, 5) is 25.4. The summed E-state index contributed by atoms with van der Waals surface area (Å²) in [5.74, 6) is -0.883. The summed E-state index contributed by atoms with van der Waals surface area (Å²) in [5.41, 5.74) is -1.01. The van der Waals surface area contributed by atoms with Crippen molar-refractivity contribution in [2.45, 2.75) is 57.0 Å². The predicted octanol–water partition coefficient (Wildman–Crippen LogP) is 2.13. The standard InChI is InChI=1S/C14H22N2O3/c1-2-14(12(17)18)9-6-10-16(14)13(19)15-11-7-4-3-5-8-11/h3-4,11H,2,5-10H2,1H3,(H,15,19)(H,17,18). The van der Waals surface area contributed by atoms with Gasteiger partial charge in [-0.15, -0.1) is 0 Å². The Hall–Kier alpha value is -1.52. The van der Waals surface area contributed by atoms with Gasteiger partial charge in [0.25, 0.3) is 0 Å². The molecular weight excluding hydrogens is 244 g/mol. The van der Waals surface area contributed by atoms with E-state index in [1.54, 1.807) is 0 Å². The second-order valence-corrected chi connectivity index (χ2v) is 5.38. The van der Waals surface area contributed by atoms with Gasteiger partial charge in [0.05, 0.1) is 0 Å². The largest absolute Gasteiger partial charge is 0.479 e. The number of allylic oxidation sites excluding steroid dienone is 1. The first-order valence-corrected chi connectivity index (χ1v) is 7.06. The van der Waals surface area contributed by atoms with Crippen molar-refractivity contribution in [2.75, 3.05) is 6.54 Å². The molecule has 0 aromatic heterocycles. The molecule has 19 heavy (non-hydrogen) atoms. The molecule has 0 aromatic rings. The van der Waals surface area contributed by atoms with Gasteiger partial charge in [-0.1, -0.05) is 19.1 Å². The molecule has 1 fully saturated rings. The predicted molar refractivity (Wildman–Crippen MR) is 71.9 cm³/mol. The van der Waals surface area contributed by atoms with Gasteiger partial charge in [-0.2, -0.15) is 0 Å². The summed E-state index contributed by atoms with van der Waals surface area (Å²) in [5, 5.41) is 12.4. The zero-order valence-corrected chi connectivity index (χ0v) is 11.4. The molecule has 2 rings (SSSR count). The highest BCUT2D eigenvalue weighted by atomic mass is 16.4. The number of hydrogen-bond donors (Lipinski definition) is 2. The molecule has 5 heteroatoms. The van der Waals surface area contributed by atoms with E-state index in [-0.39, 0.29) is 12.1 Å². The SMILES string of the molecule is CCC1(C(=O)O)CCCN1C(=O)NC1CC=CCC1. The van der Waals surface area contributed by atoms with E-state index < -0.39 is 11.5 Å². The Balaban J connectivity index is 2.05. The number of rotatable bonds is 3. The Labute approximate surface area is 113 Å². The van der Waals surface area contributed by atoms with Crippen LogP contribution < -0.4 is 5.32 Å². The van der Waals surface area contributed by atoms with E-state index in [0.717, 1.165) is 25.7 Å². The van der Waals surface area contributed by atoms with E-state index in [2.05, 4.69) is 17.5 Å². The minimum absolute atomic E-state index is 0.140. The number of nitrogens with zero attached hydrogens (tertiary/aromatic N) is 1. The Bertz CT molecular complexity index is 394. The summed E-state index contributed by atoms with van der Waals surface area (Å²) < 4.78 is 0. The number of carboxylic acid groups (broad SMARTS) is 1. The van der Waals surface area contributed by atoms with Crippen molar-refractivity contribution in [3.8, 4) is 0 Å². The number of aliphatic carboxylic acids is 1. The average molecular weight is 266 g/mol. The first-order chi connectivity index (χ1) is 9.10. The zero-order valence-electron chi connectivity index (χ0n) is 11.4. The van der Waals surface area contributed by atoms with E-state index >= 15 is 0 Å². The molecule has 2 N–H and O–H groups in total. The van der Waals surface area contributed by atoms with E-state index in [9.17, 15) is 14.7 Å². The van der Waals surface area contributed by atoms with Crippen molar-refractivity contribution in [3.05, 3.63) is 12.2 Å². The van der Waals surface area contributed by atoms with Gasteiger partial charge in [0.1, 0.15) is 5.54 Å². The Morgan fingerprint density at radius 3 is 2.84 bits per heavy atom. The van der Waals surface area contributed by atoms with Gasteiger partial charge in [0.15, 0.2) is 0 Å². The van der Waals surface area contributed by atoms with Crippen LogP contribution >= 0.6 is 0 Å². The lowest BCUT2D eigenvalue weighted by atomic mass is 9.93. The average Bonchev–Trinajstić information content (AvgIpc) is 2.85. The van der Waals surface area contributed by atoms with Gasteiger partial charge in [-0.25, -0.2) is 9.59 Å². The highest BCUT2D eigenvalue weighted by Crippen LogP contribution is 2.33. The van der Waals surface area contributed by atoms with Crippen LogP contribution in [-0.2, 0) is 4.79 Å². The monoisotopic (exact) mass is 266 g/mol. The van der Waals surface area contributed by atoms with Gasteiger partial charge in [-0.3, -0.25) is 0 Å². The Kier molecular flexibility index (Phi) is 4.12. The second kappa shape index (κ2) is 5.63. The third kappa shape index (κ3) is 2.60. The second-order valence-electron chi connectivity index (χ2n) is 5.38. The Morgan fingerprint density at radius 1 is 1.47 bits per heavy atom. The highest BCUT2D eigenvalue weighted by Gasteiger charge is 2.48. The van der Waals surface area contributed by atoms with Crippen LogP contribution in [0.3, 0.4) is 0 Å². The first kappa shape index (κ1) is 13.9. The number of urea groups is 1. The molecule has 0 aromatic carbocycles. The molecule has 1 saturated heterocycles. The lowest BCUT2D eigenvalue weighted by Gasteiger charge is -2.35. The van der Waals surface area contributed by atoms with Crippen molar-refractivity contribution in [1.82, 2.24) is 10.2 Å². The fraction of sp³-hybridized carbons (Fsp3) is 0.714. The van der Waals surface area contributed by atoms with Gasteiger partial charge in [-0.05, 0) is 38.5 Å². The summed E-state index contributed by atoms with van der Waals surface area (Å²) >= 11 is 0. The van der Waals surface area contributed by atoms with Crippen LogP contribution in [0, 0.1) is 0 Å². The normalized spacial score (nSPS) is 30.4. The molecular formula is C14H22N2O3. The maximum atomic E-state index is 12.3. The van der Waals surface area contributed by atoms with Gasteiger partial charge >= 0.3 is 12.0 Å². The summed E-state index contributed by atoms with van der Waals surface area (Å²) in [6.07, 6.45) is 8.71. The third-order valence-corrected chi connectivity index (χ3v) is 4.31. The molecule has 5 nitrogen and oxygen atoms in total. The molecule has 106 valence electrons. The number of likely N-dealkylation sites (tertiary alicyclic amines) is 1. The number of amides is 2. The third-order valence-electron chi connectivity index (χ3n) is 4.31. The number of carbonyl (C=O) groups excluding carboxylic acids is 1. The number of nitrogens with one attached hydrogen (secondary N) is 1. The number of carbonyl (C=O) groups is 2. The van der Waals surface area contributed by atoms with Crippen molar-refractivity contribution in [2.24, 2.45) is 0 Å². The van der Waals surface area contributed by atoms with E-state index in [1.807, 2.05) is 6.92 Å².